The van der Waals surface area contributed by atoms with Crippen LogP contribution in [0.5, 0.6) is 0 Å². The van der Waals surface area contributed by atoms with Gasteiger partial charge >= 0.3 is 0 Å². The van der Waals surface area contributed by atoms with E-state index in [2.05, 4.69) is 17.6 Å². The summed E-state index contributed by atoms with van der Waals surface area (Å²) in [6, 6.07) is 6.38. The third-order valence-electron chi connectivity index (χ3n) is 4.54. The van der Waals surface area contributed by atoms with E-state index in [0.717, 1.165) is 30.2 Å². The number of benzene rings is 1. The Hall–Kier alpha value is -1.44. The van der Waals surface area contributed by atoms with E-state index in [1.54, 1.807) is 12.1 Å². The van der Waals surface area contributed by atoms with Crippen molar-refractivity contribution >= 4 is 21.6 Å². The van der Waals surface area contributed by atoms with Crippen molar-refractivity contribution < 1.29 is 13.2 Å². The van der Waals surface area contributed by atoms with Crippen molar-refractivity contribution in [3.8, 4) is 0 Å². The zero-order valence-corrected chi connectivity index (χ0v) is 15.4. The molecule has 2 N–H and O–H groups in total. The van der Waals surface area contributed by atoms with Gasteiger partial charge in [0.25, 0.3) is 0 Å². The largest absolute Gasteiger partial charge is 0.326 e. The quantitative estimate of drug-likeness (QED) is 0.819. The molecule has 2 atom stereocenters. The predicted molar refractivity (Wildman–Crippen MR) is 95.3 cm³/mol. The second kappa shape index (κ2) is 8.09. The molecule has 2 unspecified atom stereocenters. The predicted octanol–water partition coefficient (Wildman–Crippen LogP) is 1.90. The smallest absolute Gasteiger partial charge is 0.242 e. The Balaban J connectivity index is 1.99. The maximum absolute atomic E-state index is 12.3. The van der Waals surface area contributed by atoms with E-state index < -0.39 is 10.0 Å². The second-order valence-corrected chi connectivity index (χ2v) is 8.80. The number of hydrogen-bond donors (Lipinski definition) is 2. The second-order valence-electron chi connectivity index (χ2n) is 6.65. The minimum Gasteiger partial charge on any atom is -0.326 e. The van der Waals surface area contributed by atoms with Crippen LogP contribution in [0.1, 0.15) is 26.2 Å². The molecule has 0 spiro atoms. The third-order valence-corrected chi connectivity index (χ3v) is 6.35. The Labute approximate surface area is 144 Å². The van der Waals surface area contributed by atoms with Crippen molar-refractivity contribution in [1.29, 1.82) is 0 Å². The van der Waals surface area contributed by atoms with Crippen LogP contribution in [0, 0.1) is 11.8 Å². The van der Waals surface area contributed by atoms with Gasteiger partial charge in [0.15, 0.2) is 0 Å². The highest BCUT2D eigenvalue weighted by Gasteiger charge is 2.22. The molecule has 0 bridgehead atoms. The van der Waals surface area contributed by atoms with E-state index in [4.69, 9.17) is 0 Å². The maximum Gasteiger partial charge on any atom is 0.242 e. The Morgan fingerprint density at radius 2 is 2.17 bits per heavy atom. The van der Waals surface area contributed by atoms with E-state index in [1.807, 2.05) is 0 Å². The molecule has 1 amide bonds. The van der Waals surface area contributed by atoms with Crippen molar-refractivity contribution in [3.63, 3.8) is 0 Å². The zero-order chi connectivity index (χ0) is 17.7. The lowest BCUT2D eigenvalue weighted by molar-refractivity contribution is -0.117. The first-order chi connectivity index (χ1) is 11.3. The molecule has 1 aliphatic rings. The summed E-state index contributed by atoms with van der Waals surface area (Å²) < 4.78 is 25.5. The molecular formula is C17H27N3O3S. The molecular weight excluding hydrogens is 326 g/mol. The van der Waals surface area contributed by atoms with Gasteiger partial charge in [-0.2, -0.15) is 0 Å². The molecule has 1 aromatic carbocycles. The van der Waals surface area contributed by atoms with Crippen LogP contribution in [0.2, 0.25) is 0 Å². The normalized spacial score (nSPS) is 19.9. The number of carbonyl (C=O) groups is 1. The average Bonchev–Trinajstić information content (AvgIpc) is 2.55. The topological polar surface area (TPSA) is 78.5 Å². The van der Waals surface area contributed by atoms with Crippen molar-refractivity contribution in [3.05, 3.63) is 24.3 Å². The van der Waals surface area contributed by atoms with Crippen LogP contribution in [0.4, 0.5) is 5.69 Å². The van der Waals surface area contributed by atoms with Crippen molar-refractivity contribution in [2.24, 2.45) is 11.8 Å². The summed E-state index contributed by atoms with van der Waals surface area (Å²) in [6.45, 7) is 4.12. The van der Waals surface area contributed by atoms with Gasteiger partial charge < -0.3 is 10.6 Å². The summed E-state index contributed by atoms with van der Waals surface area (Å²) in [5.74, 6) is 0.740. The molecule has 1 saturated heterocycles. The van der Waals surface area contributed by atoms with E-state index in [0.29, 0.717) is 23.9 Å². The van der Waals surface area contributed by atoms with Gasteiger partial charge in [-0.1, -0.05) is 13.0 Å². The summed E-state index contributed by atoms with van der Waals surface area (Å²) in [5.41, 5.74) is 0.511. The van der Waals surface area contributed by atoms with Gasteiger partial charge in [-0.15, -0.1) is 0 Å². The van der Waals surface area contributed by atoms with Gasteiger partial charge in [-0.25, -0.2) is 12.7 Å². The molecule has 2 rings (SSSR count). The molecule has 6 nitrogen and oxygen atoms in total. The molecule has 0 radical (unpaired) electrons. The summed E-state index contributed by atoms with van der Waals surface area (Å²) >= 11 is 0. The Morgan fingerprint density at radius 1 is 1.42 bits per heavy atom. The van der Waals surface area contributed by atoms with Gasteiger partial charge in [-0.3, -0.25) is 4.79 Å². The number of hydrogen-bond acceptors (Lipinski definition) is 4. The number of sulfonamides is 1. The van der Waals surface area contributed by atoms with Crippen molar-refractivity contribution in [1.82, 2.24) is 9.62 Å². The van der Waals surface area contributed by atoms with Gasteiger partial charge in [0, 0.05) is 26.2 Å². The fraction of sp³-hybridized carbons (Fsp3) is 0.588. The lowest BCUT2D eigenvalue weighted by Crippen LogP contribution is -2.34. The monoisotopic (exact) mass is 353 g/mol. The molecule has 0 aromatic heterocycles. The van der Waals surface area contributed by atoms with Crippen LogP contribution in [0.15, 0.2) is 29.2 Å². The molecule has 0 saturated carbocycles. The minimum atomic E-state index is -3.50. The Bertz CT molecular complexity index is 667. The SMILES string of the molecule is CC(CC(=O)Nc1cccc(S(=O)(=O)N(C)C)c1)C1CCCNC1. The number of anilines is 1. The molecule has 1 fully saturated rings. The first-order valence-electron chi connectivity index (χ1n) is 8.34. The number of rotatable bonds is 6. The zero-order valence-electron chi connectivity index (χ0n) is 14.6. The summed E-state index contributed by atoms with van der Waals surface area (Å²) in [7, 11) is -0.528. The fourth-order valence-corrected chi connectivity index (χ4v) is 3.93. The van der Waals surface area contributed by atoms with Gasteiger partial charge in [0.2, 0.25) is 15.9 Å². The van der Waals surface area contributed by atoms with Crippen LogP contribution < -0.4 is 10.6 Å². The number of piperidine rings is 1. The highest BCUT2D eigenvalue weighted by atomic mass is 32.2. The lowest BCUT2D eigenvalue weighted by atomic mass is 9.85. The van der Waals surface area contributed by atoms with Crippen LogP contribution in [-0.2, 0) is 14.8 Å². The number of nitrogens with zero attached hydrogens (tertiary/aromatic N) is 1. The lowest BCUT2D eigenvalue weighted by Gasteiger charge is -2.28. The molecule has 1 heterocycles. The molecule has 1 aromatic rings. The van der Waals surface area contributed by atoms with E-state index in [-0.39, 0.29) is 10.8 Å². The van der Waals surface area contributed by atoms with Crippen molar-refractivity contribution in [2.75, 3.05) is 32.5 Å². The highest BCUT2D eigenvalue weighted by Crippen LogP contribution is 2.23. The Kier molecular flexibility index (Phi) is 6.37. The highest BCUT2D eigenvalue weighted by molar-refractivity contribution is 7.89. The molecule has 134 valence electrons. The van der Waals surface area contributed by atoms with Crippen molar-refractivity contribution in [2.45, 2.75) is 31.1 Å². The minimum absolute atomic E-state index is 0.0764. The molecule has 24 heavy (non-hydrogen) atoms. The van der Waals surface area contributed by atoms with E-state index >= 15 is 0 Å². The van der Waals surface area contributed by atoms with Crippen LogP contribution >= 0.6 is 0 Å². The van der Waals surface area contributed by atoms with Gasteiger partial charge in [-0.05, 0) is 56.0 Å². The standard InChI is InChI=1S/C17H27N3O3S/c1-13(14-6-5-9-18-12-14)10-17(21)19-15-7-4-8-16(11-15)24(22,23)20(2)3/h4,7-8,11,13-14,18H,5-6,9-10,12H2,1-3H3,(H,19,21). The molecule has 0 aliphatic carbocycles. The molecule has 7 heteroatoms. The average molecular weight is 353 g/mol. The van der Waals surface area contributed by atoms with E-state index in [9.17, 15) is 13.2 Å². The first kappa shape index (κ1) is 18.9. The van der Waals surface area contributed by atoms with Gasteiger partial charge in [0.05, 0.1) is 4.90 Å². The first-order valence-corrected chi connectivity index (χ1v) is 9.78. The fourth-order valence-electron chi connectivity index (χ4n) is 2.98. The van der Waals surface area contributed by atoms with Gasteiger partial charge in [0.1, 0.15) is 0 Å². The van der Waals surface area contributed by atoms with Crippen LogP contribution in [-0.4, -0.2) is 45.8 Å². The number of amides is 1. The maximum atomic E-state index is 12.3. The summed E-state index contributed by atoms with van der Waals surface area (Å²) in [5, 5.41) is 6.19. The number of carbonyl (C=O) groups excluding carboxylic acids is 1. The summed E-state index contributed by atoms with van der Waals surface area (Å²) in [6.07, 6.45) is 2.75. The van der Waals surface area contributed by atoms with E-state index in [1.165, 1.54) is 26.2 Å². The third kappa shape index (κ3) is 4.78. The van der Waals surface area contributed by atoms with Crippen LogP contribution in [0.25, 0.3) is 0 Å². The number of nitrogens with one attached hydrogen (secondary N) is 2. The molecule has 1 aliphatic heterocycles. The Morgan fingerprint density at radius 3 is 2.79 bits per heavy atom. The summed E-state index contributed by atoms with van der Waals surface area (Å²) in [4.78, 5) is 12.4. The van der Waals surface area contributed by atoms with Crippen LogP contribution in [0.3, 0.4) is 0 Å².